The van der Waals surface area contributed by atoms with Gasteiger partial charge in [0.15, 0.2) is 0 Å². The molecule has 0 aliphatic heterocycles. The Morgan fingerprint density at radius 2 is 2.00 bits per heavy atom. The smallest absolute Gasteiger partial charge is 0.338 e. The molecule has 0 radical (unpaired) electrons. The van der Waals surface area contributed by atoms with Gasteiger partial charge in [-0.3, -0.25) is 5.32 Å². The predicted octanol–water partition coefficient (Wildman–Crippen LogP) is 1.02. The molecule has 2 amide bonds. The molecule has 0 fully saturated rings. The Morgan fingerprint density at radius 1 is 1.25 bits per heavy atom. The molecule has 0 unspecified atom stereocenters. The number of esters is 1. The summed E-state index contributed by atoms with van der Waals surface area (Å²) < 4.78 is 4.85. The van der Waals surface area contributed by atoms with Crippen molar-refractivity contribution in [2.24, 2.45) is 0 Å². The molecule has 104 valence electrons. The van der Waals surface area contributed by atoms with Crippen molar-refractivity contribution in [3.63, 3.8) is 0 Å². The number of ether oxygens (including phenoxy) is 1. The first-order valence-electron chi connectivity index (χ1n) is 5.78. The van der Waals surface area contributed by atoms with E-state index in [1.165, 1.54) is 0 Å². The van der Waals surface area contributed by atoms with Crippen LogP contribution in [0.5, 0.6) is 0 Å². The van der Waals surface area contributed by atoms with E-state index in [1.54, 1.807) is 31.2 Å². The third-order valence-corrected chi connectivity index (χ3v) is 2.23. The Kier molecular flexibility index (Phi) is 4.22. The van der Waals surface area contributed by atoms with Crippen LogP contribution in [0.25, 0.3) is 0 Å². The lowest BCUT2D eigenvalue weighted by Crippen LogP contribution is -2.20. The van der Waals surface area contributed by atoms with Gasteiger partial charge in [-0.15, -0.1) is 0 Å². The number of tetrazole rings is 1. The minimum absolute atomic E-state index is 0.130. The molecule has 20 heavy (non-hydrogen) atoms. The SMILES string of the molecule is CCOC(=O)c1ccc(NC(=O)Nc2nnn[nH]2)cc1. The molecule has 0 bridgehead atoms. The molecule has 9 heteroatoms. The lowest BCUT2D eigenvalue weighted by atomic mass is 10.2. The van der Waals surface area contributed by atoms with Gasteiger partial charge in [0.25, 0.3) is 0 Å². The van der Waals surface area contributed by atoms with Crippen LogP contribution < -0.4 is 10.6 Å². The Morgan fingerprint density at radius 3 is 2.60 bits per heavy atom. The maximum absolute atomic E-state index is 11.6. The third-order valence-electron chi connectivity index (χ3n) is 2.23. The van der Waals surface area contributed by atoms with E-state index in [0.29, 0.717) is 17.9 Å². The maximum atomic E-state index is 11.6. The van der Waals surface area contributed by atoms with Gasteiger partial charge in [-0.1, -0.05) is 5.10 Å². The second-order valence-electron chi connectivity index (χ2n) is 3.63. The van der Waals surface area contributed by atoms with Crippen LogP contribution in [-0.4, -0.2) is 39.2 Å². The number of H-pyrrole nitrogens is 1. The van der Waals surface area contributed by atoms with Crippen molar-refractivity contribution in [1.82, 2.24) is 20.6 Å². The summed E-state index contributed by atoms with van der Waals surface area (Å²) in [5.74, 6) is -0.276. The first kappa shape index (κ1) is 13.5. The molecule has 0 saturated carbocycles. The minimum Gasteiger partial charge on any atom is -0.462 e. The van der Waals surface area contributed by atoms with E-state index < -0.39 is 12.0 Å². The van der Waals surface area contributed by atoms with Crippen LogP contribution in [0.2, 0.25) is 0 Å². The Labute approximate surface area is 113 Å². The zero-order valence-corrected chi connectivity index (χ0v) is 10.6. The molecule has 1 aromatic carbocycles. The largest absolute Gasteiger partial charge is 0.462 e. The van der Waals surface area contributed by atoms with Gasteiger partial charge in [-0.25, -0.2) is 14.7 Å². The van der Waals surface area contributed by atoms with Gasteiger partial charge in [-0.2, -0.15) is 0 Å². The molecule has 0 aliphatic carbocycles. The number of hydrogen-bond donors (Lipinski definition) is 3. The van der Waals surface area contributed by atoms with Crippen LogP contribution in [0.15, 0.2) is 24.3 Å². The lowest BCUT2D eigenvalue weighted by molar-refractivity contribution is 0.0526. The molecule has 2 rings (SSSR count). The third kappa shape index (κ3) is 3.51. The summed E-state index contributed by atoms with van der Waals surface area (Å²) in [5.41, 5.74) is 0.931. The van der Waals surface area contributed by atoms with Crippen molar-refractivity contribution in [3.8, 4) is 0 Å². The first-order chi connectivity index (χ1) is 9.69. The van der Waals surface area contributed by atoms with E-state index in [-0.39, 0.29) is 5.95 Å². The van der Waals surface area contributed by atoms with Gasteiger partial charge in [-0.05, 0) is 41.6 Å². The fourth-order valence-electron chi connectivity index (χ4n) is 1.39. The van der Waals surface area contributed by atoms with Crippen LogP contribution in [0.3, 0.4) is 0 Å². The van der Waals surface area contributed by atoms with Crippen molar-refractivity contribution < 1.29 is 14.3 Å². The molecule has 9 nitrogen and oxygen atoms in total. The molecule has 0 atom stereocenters. The van der Waals surface area contributed by atoms with Crippen molar-refractivity contribution in [2.45, 2.75) is 6.92 Å². The highest BCUT2D eigenvalue weighted by Gasteiger charge is 2.08. The Bertz CT molecular complexity index is 581. The first-order valence-corrected chi connectivity index (χ1v) is 5.78. The average Bonchev–Trinajstić information content (AvgIpc) is 2.92. The molecule has 3 N–H and O–H groups in total. The highest BCUT2D eigenvalue weighted by Crippen LogP contribution is 2.11. The molecule has 1 heterocycles. The second-order valence-corrected chi connectivity index (χ2v) is 3.63. The number of rotatable bonds is 4. The summed E-state index contributed by atoms with van der Waals surface area (Å²) in [7, 11) is 0. The summed E-state index contributed by atoms with van der Waals surface area (Å²) >= 11 is 0. The van der Waals surface area contributed by atoms with Crippen LogP contribution in [0.4, 0.5) is 16.4 Å². The number of amides is 2. The quantitative estimate of drug-likeness (QED) is 0.716. The minimum atomic E-state index is -0.507. The highest BCUT2D eigenvalue weighted by molar-refractivity contribution is 5.99. The molecule has 0 spiro atoms. The van der Waals surface area contributed by atoms with E-state index in [1.807, 2.05) is 0 Å². The lowest BCUT2D eigenvalue weighted by Gasteiger charge is -2.06. The predicted molar refractivity (Wildman–Crippen MR) is 69.2 cm³/mol. The van der Waals surface area contributed by atoms with Crippen molar-refractivity contribution in [2.75, 3.05) is 17.2 Å². The van der Waals surface area contributed by atoms with Gasteiger partial charge >= 0.3 is 12.0 Å². The van der Waals surface area contributed by atoms with E-state index >= 15 is 0 Å². The molecule has 0 saturated heterocycles. The number of aromatic nitrogens is 4. The van der Waals surface area contributed by atoms with E-state index in [4.69, 9.17) is 4.74 Å². The van der Waals surface area contributed by atoms with Crippen molar-refractivity contribution in [1.29, 1.82) is 0 Å². The summed E-state index contributed by atoms with van der Waals surface area (Å²) in [5, 5.41) is 17.5. The number of aromatic amines is 1. The fraction of sp³-hybridized carbons (Fsp3) is 0.182. The fourth-order valence-corrected chi connectivity index (χ4v) is 1.39. The number of carbonyl (C=O) groups excluding carboxylic acids is 2. The average molecular weight is 276 g/mol. The number of anilines is 2. The molecular formula is C11H12N6O3. The standard InChI is InChI=1S/C11H12N6O3/c1-2-20-9(18)7-3-5-8(6-4-7)12-11(19)13-10-14-16-17-15-10/h3-6H,2H2,1H3,(H3,12,13,14,15,16,17,19). The number of hydrogen-bond acceptors (Lipinski definition) is 6. The van der Waals surface area contributed by atoms with Crippen molar-refractivity contribution in [3.05, 3.63) is 29.8 Å². The molecule has 1 aromatic heterocycles. The van der Waals surface area contributed by atoms with E-state index in [0.717, 1.165) is 0 Å². The van der Waals surface area contributed by atoms with Crippen LogP contribution >= 0.6 is 0 Å². The summed E-state index contributed by atoms with van der Waals surface area (Å²) in [6.07, 6.45) is 0. The second kappa shape index (κ2) is 6.27. The summed E-state index contributed by atoms with van der Waals surface area (Å²) in [6, 6.07) is 5.79. The number of carbonyl (C=O) groups is 2. The van der Waals surface area contributed by atoms with Crippen LogP contribution in [0, 0.1) is 0 Å². The van der Waals surface area contributed by atoms with Gasteiger partial charge in [0, 0.05) is 5.69 Å². The van der Waals surface area contributed by atoms with Gasteiger partial charge in [0.05, 0.1) is 12.2 Å². The molecular weight excluding hydrogens is 264 g/mol. The van der Waals surface area contributed by atoms with E-state index in [9.17, 15) is 9.59 Å². The van der Waals surface area contributed by atoms with Gasteiger partial charge in [0.1, 0.15) is 0 Å². The zero-order chi connectivity index (χ0) is 14.4. The maximum Gasteiger partial charge on any atom is 0.338 e. The number of nitrogens with zero attached hydrogens (tertiary/aromatic N) is 3. The van der Waals surface area contributed by atoms with Gasteiger partial charge < -0.3 is 10.1 Å². The van der Waals surface area contributed by atoms with E-state index in [2.05, 4.69) is 31.3 Å². The number of nitrogens with one attached hydrogen (secondary N) is 3. The van der Waals surface area contributed by atoms with Gasteiger partial charge in [0.2, 0.25) is 5.95 Å². The monoisotopic (exact) mass is 276 g/mol. The van der Waals surface area contributed by atoms with Crippen LogP contribution in [-0.2, 0) is 4.74 Å². The van der Waals surface area contributed by atoms with Crippen LogP contribution in [0.1, 0.15) is 17.3 Å². The summed E-state index contributed by atoms with van der Waals surface area (Å²) in [6.45, 7) is 2.04. The zero-order valence-electron chi connectivity index (χ0n) is 10.6. The molecule has 0 aliphatic rings. The normalized spacial score (nSPS) is 9.85. The topological polar surface area (TPSA) is 122 Å². The number of benzene rings is 1. The Balaban J connectivity index is 1.93. The summed E-state index contributed by atoms with van der Waals surface area (Å²) in [4.78, 5) is 23.0. The number of urea groups is 1. The Hall–Kier alpha value is -2.97. The van der Waals surface area contributed by atoms with Crippen molar-refractivity contribution >= 4 is 23.6 Å². The molecule has 2 aromatic rings. The highest BCUT2D eigenvalue weighted by atomic mass is 16.5.